The van der Waals surface area contributed by atoms with Crippen molar-refractivity contribution in [1.82, 2.24) is 9.97 Å². The van der Waals surface area contributed by atoms with Crippen LogP contribution in [0.3, 0.4) is 0 Å². The number of hydrogen-bond acceptors (Lipinski definition) is 5. The first-order valence-electron chi connectivity index (χ1n) is 8.92. The number of benzene rings is 3. The summed E-state index contributed by atoms with van der Waals surface area (Å²) in [5.74, 6) is 1.83. The maximum atomic E-state index is 5.99. The molecular weight excluding hydrogens is 366 g/mol. The van der Waals surface area contributed by atoms with Gasteiger partial charge in [0.05, 0.1) is 5.69 Å². The van der Waals surface area contributed by atoms with Gasteiger partial charge in [0.15, 0.2) is 0 Å². The Morgan fingerprint density at radius 2 is 1.36 bits per heavy atom. The molecule has 0 aliphatic carbocycles. The SMILES string of the molecule is CN(Sc1ccccc1)c1nc(Oc2ccccc2)cc(-c2ccccc2)n1. The molecule has 4 aromatic rings. The van der Waals surface area contributed by atoms with Gasteiger partial charge in [-0.1, -0.05) is 66.7 Å². The number of ether oxygens (including phenoxy) is 1. The van der Waals surface area contributed by atoms with Crippen LogP contribution < -0.4 is 9.04 Å². The van der Waals surface area contributed by atoms with E-state index in [1.165, 1.54) is 0 Å². The number of aromatic nitrogens is 2. The number of para-hydroxylation sites is 1. The third-order valence-corrected chi connectivity index (χ3v) is 4.91. The van der Waals surface area contributed by atoms with Gasteiger partial charge in [-0.15, -0.1) is 0 Å². The summed E-state index contributed by atoms with van der Waals surface area (Å²) in [6, 6.07) is 31.7. The van der Waals surface area contributed by atoms with Crippen molar-refractivity contribution in [2.24, 2.45) is 0 Å². The summed E-state index contributed by atoms with van der Waals surface area (Å²) in [6.45, 7) is 0. The first-order valence-corrected chi connectivity index (χ1v) is 9.69. The van der Waals surface area contributed by atoms with Crippen LogP contribution >= 0.6 is 11.9 Å². The predicted molar refractivity (Wildman–Crippen MR) is 115 cm³/mol. The van der Waals surface area contributed by atoms with Crippen LogP contribution in [0.2, 0.25) is 0 Å². The highest BCUT2D eigenvalue weighted by Gasteiger charge is 2.13. The molecule has 0 aliphatic rings. The highest BCUT2D eigenvalue weighted by molar-refractivity contribution is 8.00. The van der Waals surface area contributed by atoms with Crippen molar-refractivity contribution in [1.29, 1.82) is 0 Å². The molecule has 0 radical (unpaired) electrons. The molecule has 0 N–H and O–H groups in total. The van der Waals surface area contributed by atoms with Gasteiger partial charge in [0, 0.05) is 23.6 Å². The van der Waals surface area contributed by atoms with Crippen LogP contribution in [0.5, 0.6) is 11.6 Å². The summed E-state index contributed by atoms with van der Waals surface area (Å²) in [7, 11) is 1.95. The van der Waals surface area contributed by atoms with Gasteiger partial charge in [-0.25, -0.2) is 4.98 Å². The van der Waals surface area contributed by atoms with E-state index >= 15 is 0 Å². The minimum atomic E-state index is 0.510. The molecule has 4 rings (SSSR count). The van der Waals surface area contributed by atoms with E-state index in [1.807, 2.05) is 96.3 Å². The fraction of sp³-hybridized carbons (Fsp3) is 0.0435. The third kappa shape index (κ3) is 4.50. The highest BCUT2D eigenvalue weighted by atomic mass is 32.2. The van der Waals surface area contributed by atoms with Gasteiger partial charge < -0.3 is 4.74 Å². The third-order valence-electron chi connectivity index (χ3n) is 3.99. The van der Waals surface area contributed by atoms with Crippen LogP contribution in [0, 0.1) is 0 Å². The van der Waals surface area contributed by atoms with Crippen LogP contribution in [-0.2, 0) is 0 Å². The summed E-state index contributed by atoms with van der Waals surface area (Å²) in [4.78, 5) is 10.5. The molecule has 0 bridgehead atoms. The Morgan fingerprint density at radius 1 is 0.750 bits per heavy atom. The molecule has 5 heteroatoms. The van der Waals surface area contributed by atoms with Gasteiger partial charge in [-0.3, -0.25) is 4.31 Å². The second kappa shape index (κ2) is 8.59. The fourth-order valence-electron chi connectivity index (χ4n) is 2.65. The summed E-state index contributed by atoms with van der Waals surface area (Å²) < 4.78 is 7.94. The van der Waals surface area contributed by atoms with Gasteiger partial charge in [-0.2, -0.15) is 4.98 Å². The normalized spacial score (nSPS) is 10.5. The molecule has 0 amide bonds. The second-order valence-electron chi connectivity index (χ2n) is 6.07. The van der Waals surface area contributed by atoms with Crippen LogP contribution in [0.25, 0.3) is 11.3 Å². The lowest BCUT2D eigenvalue weighted by molar-refractivity contribution is 0.462. The minimum absolute atomic E-state index is 0.510. The van der Waals surface area contributed by atoms with Gasteiger partial charge in [0.2, 0.25) is 11.8 Å². The zero-order valence-electron chi connectivity index (χ0n) is 15.4. The van der Waals surface area contributed by atoms with E-state index in [1.54, 1.807) is 11.9 Å². The smallest absolute Gasteiger partial charge is 0.239 e. The van der Waals surface area contributed by atoms with Gasteiger partial charge in [-0.05, 0) is 36.2 Å². The maximum absolute atomic E-state index is 5.99. The molecule has 0 saturated carbocycles. The Kier molecular flexibility index (Phi) is 5.54. The van der Waals surface area contributed by atoms with E-state index < -0.39 is 0 Å². The van der Waals surface area contributed by atoms with Gasteiger partial charge >= 0.3 is 0 Å². The molecule has 0 spiro atoms. The quantitative estimate of drug-likeness (QED) is 0.376. The molecule has 28 heavy (non-hydrogen) atoms. The van der Waals surface area contributed by atoms with Crippen LogP contribution in [0.4, 0.5) is 5.95 Å². The fourth-order valence-corrected chi connectivity index (χ4v) is 3.41. The van der Waals surface area contributed by atoms with Crippen molar-refractivity contribution in [2.45, 2.75) is 4.90 Å². The van der Waals surface area contributed by atoms with Crippen molar-refractivity contribution in [3.63, 3.8) is 0 Å². The highest BCUT2D eigenvalue weighted by Crippen LogP contribution is 2.30. The molecule has 1 aromatic heterocycles. The Balaban J connectivity index is 1.69. The topological polar surface area (TPSA) is 38.2 Å². The molecule has 4 nitrogen and oxygen atoms in total. The van der Waals surface area contributed by atoms with E-state index in [0.717, 1.165) is 21.9 Å². The molecular formula is C23H19N3OS. The zero-order valence-corrected chi connectivity index (χ0v) is 16.2. The van der Waals surface area contributed by atoms with E-state index in [-0.39, 0.29) is 0 Å². The van der Waals surface area contributed by atoms with Gasteiger partial charge in [0.25, 0.3) is 0 Å². The Morgan fingerprint density at radius 3 is 2.04 bits per heavy atom. The van der Waals surface area contributed by atoms with E-state index in [4.69, 9.17) is 9.72 Å². The number of rotatable bonds is 6. The lowest BCUT2D eigenvalue weighted by Crippen LogP contribution is -2.11. The summed E-state index contributed by atoms with van der Waals surface area (Å²) in [6.07, 6.45) is 0. The predicted octanol–water partition coefficient (Wildman–Crippen LogP) is 6.08. The molecule has 138 valence electrons. The van der Waals surface area contributed by atoms with E-state index in [0.29, 0.717) is 11.8 Å². The standard InChI is InChI=1S/C23H19N3OS/c1-26(28-20-15-9-4-10-16-20)23-24-21(18-11-5-2-6-12-18)17-22(25-23)27-19-13-7-3-8-14-19/h2-17H,1H3. The van der Waals surface area contributed by atoms with Crippen LogP contribution in [0.1, 0.15) is 0 Å². The zero-order chi connectivity index (χ0) is 19.2. The largest absolute Gasteiger partial charge is 0.439 e. The maximum Gasteiger partial charge on any atom is 0.239 e. The van der Waals surface area contributed by atoms with Crippen molar-refractivity contribution < 1.29 is 4.74 Å². The molecule has 0 atom stereocenters. The van der Waals surface area contributed by atoms with Crippen molar-refractivity contribution >= 4 is 17.9 Å². The Bertz CT molecular complexity index is 1030. The molecule has 3 aromatic carbocycles. The van der Waals surface area contributed by atoms with Crippen molar-refractivity contribution in [3.8, 4) is 22.9 Å². The average Bonchev–Trinajstić information content (AvgIpc) is 2.75. The van der Waals surface area contributed by atoms with E-state index in [9.17, 15) is 0 Å². The lowest BCUT2D eigenvalue weighted by atomic mass is 10.1. The van der Waals surface area contributed by atoms with Gasteiger partial charge in [0.1, 0.15) is 5.75 Å². The lowest BCUT2D eigenvalue weighted by Gasteiger charge is -2.17. The molecule has 0 aliphatic heterocycles. The summed E-state index contributed by atoms with van der Waals surface area (Å²) in [5.41, 5.74) is 1.83. The van der Waals surface area contributed by atoms with Crippen LogP contribution in [0.15, 0.2) is 102 Å². The van der Waals surface area contributed by atoms with Crippen LogP contribution in [-0.4, -0.2) is 17.0 Å². The summed E-state index contributed by atoms with van der Waals surface area (Å²) in [5, 5.41) is 0. The first-order chi connectivity index (χ1) is 13.8. The number of nitrogens with zero attached hydrogens (tertiary/aromatic N) is 3. The Hall–Kier alpha value is -3.31. The summed E-state index contributed by atoms with van der Waals surface area (Å²) >= 11 is 1.57. The molecule has 0 unspecified atom stereocenters. The monoisotopic (exact) mass is 385 g/mol. The number of hydrogen-bond donors (Lipinski definition) is 0. The first kappa shape index (κ1) is 18.1. The number of anilines is 1. The molecule has 0 saturated heterocycles. The van der Waals surface area contributed by atoms with E-state index in [2.05, 4.69) is 17.1 Å². The second-order valence-corrected chi connectivity index (χ2v) is 7.28. The molecule has 0 fully saturated rings. The van der Waals surface area contributed by atoms with Crippen molar-refractivity contribution in [3.05, 3.63) is 97.1 Å². The molecule has 1 heterocycles. The minimum Gasteiger partial charge on any atom is -0.439 e. The Labute approximate surface area is 169 Å². The van der Waals surface area contributed by atoms with Crippen molar-refractivity contribution in [2.75, 3.05) is 11.4 Å². The average molecular weight is 385 g/mol.